The zero-order chi connectivity index (χ0) is 20.8. The Hall–Kier alpha value is -3.02. The lowest BCUT2D eigenvalue weighted by Gasteiger charge is -2.30. The number of nitriles is 1. The van der Waals surface area contributed by atoms with Gasteiger partial charge < -0.3 is 15.8 Å². The largest absolute Gasteiger partial charge is 0.463 e. The molecule has 0 fully saturated rings. The first kappa shape index (κ1) is 20.7. The number of esters is 1. The van der Waals surface area contributed by atoms with Crippen LogP contribution in [0.2, 0.25) is 0 Å². The van der Waals surface area contributed by atoms with Crippen molar-refractivity contribution in [1.82, 2.24) is 5.32 Å². The van der Waals surface area contributed by atoms with Crippen LogP contribution < -0.4 is 11.1 Å². The Morgan fingerprint density at radius 2 is 2.03 bits per heavy atom. The number of nitrogens with one attached hydrogen (secondary N) is 1. The number of carbonyl (C=O) groups excluding carboxylic acids is 2. The summed E-state index contributed by atoms with van der Waals surface area (Å²) in [6, 6.07) is 15.4. The van der Waals surface area contributed by atoms with E-state index in [2.05, 4.69) is 11.4 Å². The smallest absolute Gasteiger partial charge is 0.337 e. The molecule has 1 aromatic carbocycles. The van der Waals surface area contributed by atoms with E-state index >= 15 is 0 Å². The normalized spacial score (nSPS) is 16.2. The minimum absolute atomic E-state index is 0.0154. The number of ether oxygens (including phenoxy) is 1. The van der Waals surface area contributed by atoms with Gasteiger partial charge in [0.2, 0.25) is 5.91 Å². The number of rotatable bonds is 7. The van der Waals surface area contributed by atoms with E-state index in [1.165, 1.54) is 11.3 Å². The highest BCUT2D eigenvalue weighted by Gasteiger charge is 2.37. The number of thioether (sulfide) groups is 1. The summed E-state index contributed by atoms with van der Waals surface area (Å²) in [6.07, 6.45) is 0. The Kier molecular flexibility index (Phi) is 6.75. The van der Waals surface area contributed by atoms with Crippen LogP contribution in [0.3, 0.4) is 0 Å². The number of amides is 1. The first-order valence-electron chi connectivity index (χ1n) is 8.89. The molecule has 0 saturated heterocycles. The van der Waals surface area contributed by atoms with E-state index in [-0.39, 0.29) is 12.4 Å². The third kappa shape index (κ3) is 4.53. The summed E-state index contributed by atoms with van der Waals surface area (Å²) in [5.74, 6) is -1.55. The van der Waals surface area contributed by atoms with Gasteiger partial charge in [-0.2, -0.15) is 5.26 Å². The molecule has 3 rings (SSSR count). The van der Waals surface area contributed by atoms with Crippen LogP contribution in [0.1, 0.15) is 23.3 Å². The molecular weight excluding hydrogens is 406 g/mol. The fraction of sp³-hybridized carbons (Fsp3) is 0.190. The van der Waals surface area contributed by atoms with Crippen molar-refractivity contribution >= 4 is 40.7 Å². The van der Waals surface area contributed by atoms with Crippen molar-refractivity contribution in [1.29, 1.82) is 5.26 Å². The van der Waals surface area contributed by atoms with Crippen LogP contribution >= 0.6 is 23.1 Å². The summed E-state index contributed by atoms with van der Waals surface area (Å²) in [4.78, 5) is 25.2. The van der Waals surface area contributed by atoms with Crippen LogP contribution in [0.4, 0.5) is 0 Å². The topological polar surface area (TPSA) is 105 Å². The second kappa shape index (κ2) is 9.45. The molecule has 3 N–H and O–H groups in total. The number of carbonyl (C=O) groups is 2. The molecule has 0 spiro atoms. The number of primary amides is 1. The van der Waals surface area contributed by atoms with Gasteiger partial charge in [-0.05, 0) is 23.9 Å². The molecule has 1 aromatic heterocycles. The first-order valence-corrected chi connectivity index (χ1v) is 10.8. The number of nitrogens with zero attached hydrogens (tertiary/aromatic N) is 1. The predicted molar refractivity (Wildman–Crippen MR) is 114 cm³/mol. The van der Waals surface area contributed by atoms with Gasteiger partial charge in [-0.1, -0.05) is 48.2 Å². The molecule has 0 saturated carbocycles. The number of benzene rings is 1. The number of dihydropyridines is 1. The molecule has 0 unspecified atom stereocenters. The fourth-order valence-electron chi connectivity index (χ4n) is 3.04. The number of nitrogens with two attached hydrogens (primary N) is 1. The van der Waals surface area contributed by atoms with Crippen LogP contribution in [-0.4, -0.2) is 24.2 Å². The second-order valence-electron chi connectivity index (χ2n) is 6.06. The fourth-order valence-corrected chi connectivity index (χ4v) is 4.66. The van der Waals surface area contributed by atoms with Gasteiger partial charge in [-0.25, -0.2) is 4.79 Å². The second-order valence-corrected chi connectivity index (χ2v) is 8.02. The maximum Gasteiger partial charge on any atom is 0.337 e. The summed E-state index contributed by atoms with van der Waals surface area (Å²) in [5, 5.41) is 15.5. The minimum Gasteiger partial charge on any atom is -0.463 e. The highest BCUT2D eigenvalue weighted by atomic mass is 32.2. The third-order valence-electron chi connectivity index (χ3n) is 4.19. The predicted octanol–water partition coefficient (Wildman–Crippen LogP) is 3.36. The summed E-state index contributed by atoms with van der Waals surface area (Å²) >= 11 is 2.61. The molecule has 8 heteroatoms. The molecule has 1 amide bonds. The number of thiophene rings is 1. The molecule has 1 aliphatic heterocycles. The van der Waals surface area contributed by atoms with E-state index in [4.69, 9.17) is 10.5 Å². The van der Waals surface area contributed by atoms with Gasteiger partial charge in [0.15, 0.2) is 0 Å². The highest BCUT2D eigenvalue weighted by Crippen LogP contribution is 2.44. The van der Waals surface area contributed by atoms with Gasteiger partial charge in [-0.3, -0.25) is 4.79 Å². The van der Waals surface area contributed by atoms with Gasteiger partial charge in [0.1, 0.15) is 0 Å². The van der Waals surface area contributed by atoms with Crippen molar-refractivity contribution in [3.63, 3.8) is 0 Å². The van der Waals surface area contributed by atoms with Crippen LogP contribution in [0.25, 0.3) is 5.70 Å². The van der Waals surface area contributed by atoms with Crippen molar-refractivity contribution < 1.29 is 14.3 Å². The van der Waals surface area contributed by atoms with E-state index in [1.807, 2.05) is 47.8 Å². The molecule has 0 bridgehead atoms. The zero-order valence-corrected chi connectivity index (χ0v) is 17.3. The van der Waals surface area contributed by atoms with E-state index in [0.29, 0.717) is 21.9 Å². The van der Waals surface area contributed by atoms with Crippen molar-refractivity contribution in [3.8, 4) is 6.07 Å². The van der Waals surface area contributed by atoms with E-state index in [0.717, 1.165) is 22.2 Å². The van der Waals surface area contributed by atoms with Crippen molar-refractivity contribution in [2.75, 3.05) is 12.4 Å². The van der Waals surface area contributed by atoms with Gasteiger partial charge in [0.25, 0.3) is 0 Å². The molecule has 1 atom stereocenters. The molecule has 148 valence electrons. The Balaban J connectivity index is 2.22. The quantitative estimate of drug-likeness (QED) is 0.659. The van der Waals surface area contributed by atoms with Crippen molar-refractivity contribution in [2.45, 2.75) is 12.8 Å². The summed E-state index contributed by atoms with van der Waals surface area (Å²) < 4.78 is 5.34. The van der Waals surface area contributed by atoms with Crippen LogP contribution in [-0.2, 0) is 14.3 Å². The van der Waals surface area contributed by atoms with E-state index < -0.39 is 17.8 Å². The summed E-state index contributed by atoms with van der Waals surface area (Å²) in [5.41, 5.74) is 7.39. The Morgan fingerprint density at radius 1 is 1.28 bits per heavy atom. The SMILES string of the molecule is CCOC(=O)C1=C(c2ccccc2)NC(SCC(N)=O)=C(C#N)[C@H]1c1cccs1. The lowest BCUT2D eigenvalue weighted by atomic mass is 9.85. The molecular formula is C21H19N3O3S2. The van der Waals surface area contributed by atoms with E-state index in [9.17, 15) is 14.9 Å². The molecule has 0 aliphatic carbocycles. The van der Waals surface area contributed by atoms with Crippen LogP contribution in [0, 0.1) is 11.3 Å². The van der Waals surface area contributed by atoms with E-state index in [1.54, 1.807) is 6.92 Å². The Bertz CT molecular complexity index is 1010. The minimum atomic E-state index is -0.592. The lowest BCUT2D eigenvalue weighted by molar-refractivity contribution is -0.138. The first-order chi connectivity index (χ1) is 14.1. The average molecular weight is 426 g/mol. The van der Waals surface area contributed by atoms with Crippen LogP contribution in [0.5, 0.6) is 0 Å². The molecule has 29 heavy (non-hydrogen) atoms. The Morgan fingerprint density at radius 3 is 2.62 bits per heavy atom. The molecule has 2 aromatic rings. The van der Waals surface area contributed by atoms with Gasteiger partial charge in [0, 0.05) is 4.88 Å². The zero-order valence-electron chi connectivity index (χ0n) is 15.7. The lowest BCUT2D eigenvalue weighted by Crippen LogP contribution is -2.29. The van der Waals surface area contributed by atoms with Crippen molar-refractivity contribution in [3.05, 3.63) is 74.5 Å². The number of hydrogen-bond donors (Lipinski definition) is 2. The molecule has 1 aliphatic rings. The average Bonchev–Trinajstić information content (AvgIpc) is 3.26. The molecule has 6 nitrogen and oxygen atoms in total. The third-order valence-corrected chi connectivity index (χ3v) is 6.17. The van der Waals surface area contributed by atoms with Crippen LogP contribution in [0.15, 0.2) is 64.0 Å². The van der Waals surface area contributed by atoms with Gasteiger partial charge in [0.05, 0.1) is 46.2 Å². The summed E-state index contributed by atoms with van der Waals surface area (Å²) in [7, 11) is 0. The molecule has 2 heterocycles. The standard InChI is InChI=1S/C21H19N3O3S2/c1-2-27-21(26)18-17(15-9-6-10-28-15)14(11-22)20(29-12-16(23)25)24-19(18)13-7-4-3-5-8-13/h3-10,17,24H,2,12H2,1H3,(H2,23,25)/t17-/m0/s1. The number of hydrogen-bond acceptors (Lipinski definition) is 7. The number of allylic oxidation sites excluding steroid dienone is 1. The highest BCUT2D eigenvalue weighted by molar-refractivity contribution is 8.03. The van der Waals surface area contributed by atoms with Crippen molar-refractivity contribution in [2.24, 2.45) is 5.73 Å². The maximum atomic E-state index is 13.0. The van der Waals surface area contributed by atoms with Gasteiger partial charge in [-0.15, -0.1) is 11.3 Å². The monoisotopic (exact) mass is 425 g/mol. The molecule has 0 radical (unpaired) electrons. The van der Waals surface area contributed by atoms with Gasteiger partial charge >= 0.3 is 5.97 Å². The summed E-state index contributed by atoms with van der Waals surface area (Å²) in [6.45, 7) is 1.96. The maximum absolute atomic E-state index is 13.0. The Labute approximate surface area is 177 Å².